The van der Waals surface area contributed by atoms with E-state index in [1.807, 2.05) is 0 Å². The molecule has 1 aromatic carbocycles. The third kappa shape index (κ3) is 5.90. The molecule has 1 fully saturated rings. The first-order valence-corrected chi connectivity index (χ1v) is 11.0. The third-order valence-electron chi connectivity index (χ3n) is 5.94. The zero-order valence-corrected chi connectivity index (χ0v) is 19.4. The highest BCUT2D eigenvalue weighted by molar-refractivity contribution is 5.84. The fourth-order valence-corrected chi connectivity index (χ4v) is 4.27. The second-order valence-electron chi connectivity index (χ2n) is 9.42. The first kappa shape index (κ1) is 24.7. The number of amides is 1. The number of carboxylic acids is 1. The molecule has 2 heterocycles. The molecule has 3 rings (SSSR count). The predicted octanol–water partition coefficient (Wildman–Crippen LogP) is 4.15. The Morgan fingerprint density at radius 1 is 1.33 bits per heavy atom. The van der Waals surface area contributed by atoms with Gasteiger partial charge in [-0.1, -0.05) is 0 Å². The van der Waals surface area contributed by atoms with Crippen molar-refractivity contribution in [2.75, 3.05) is 20.2 Å². The number of halogens is 1. The molecule has 2 unspecified atom stereocenters. The van der Waals surface area contributed by atoms with Crippen LogP contribution in [-0.2, 0) is 9.53 Å². The number of nitrogens with zero attached hydrogens (tertiary/aromatic N) is 2. The summed E-state index contributed by atoms with van der Waals surface area (Å²) in [5, 5.41) is 21.0. The maximum Gasteiger partial charge on any atom is 0.410 e. The highest BCUT2D eigenvalue weighted by Gasteiger charge is 2.37. The molecule has 1 amide bonds. The number of likely N-dealkylation sites (tertiary alicyclic amines) is 1. The van der Waals surface area contributed by atoms with Crippen LogP contribution in [0.1, 0.15) is 51.7 Å². The van der Waals surface area contributed by atoms with Crippen LogP contribution in [0.3, 0.4) is 0 Å². The maximum absolute atomic E-state index is 14.6. The summed E-state index contributed by atoms with van der Waals surface area (Å²) in [6, 6.07) is 5.03. The van der Waals surface area contributed by atoms with Gasteiger partial charge in [0, 0.05) is 24.0 Å². The largest absolute Gasteiger partial charge is 0.497 e. The number of fused-ring (bicyclic) bond motifs is 1. The van der Waals surface area contributed by atoms with Crippen molar-refractivity contribution in [3.8, 4) is 5.75 Å². The molecule has 8 nitrogen and oxygen atoms in total. The van der Waals surface area contributed by atoms with Crippen LogP contribution in [-0.4, -0.2) is 58.0 Å². The molecule has 2 N–H and O–H groups in total. The van der Waals surface area contributed by atoms with Gasteiger partial charge in [-0.3, -0.25) is 9.78 Å². The van der Waals surface area contributed by atoms with Gasteiger partial charge in [-0.05, 0) is 64.2 Å². The summed E-state index contributed by atoms with van der Waals surface area (Å²) in [5.74, 6) is -2.17. The van der Waals surface area contributed by atoms with Crippen LogP contribution in [0.25, 0.3) is 10.9 Å². The maximum atomic E-state index is 14.6. The lowest BCUT2D eigenvalue weighted by atomic mass is 9.81. The number of benzene rings is 1. The summed E-state index contributed by atoms with van der Waals surface area (Å²) in [6.07, 6.45) is 0.400. The van der Waals surface area contributed by atoms with E-state index in [-0.39, 0.29) is 24.4 Å². The highest BCUT2D eigenvalue weighted by atomic mass is 19.1. The Morgan fingerprint density at radius 2 is 2.06 bits per heavy atom. The van der Waals surface area contributed by atoms with Gasteiger partial charge in [-0.25, -0.2) is 9.18 Å². The number of carboxylic acid groups (broad SMARTS) is 1. The van der Waals surface area contributed by atoms with E-state index >= 15 is 0 Å². The van der Waals surface area contributed by atoms with Crippen LogP contribution in [0.4, 0.5) is 9.18 Å². The van der Waals surface area contributed by atoms with Crippen molar-refractivity contribution in [1.29, 1.82) is 0 Å². The van der Waals surface area contributed by atoms with Crippen LogP contribution in [0.5, 0.6) is 5.75 Å². The van der Waals surface area contributed by atoms with E-state index in [2.05, 4.69) is 4.98 Å². The number of piperidine rings is 1. The van der Waals surface area contributed by atoms with E-state index in [9.17, 15) is 24.2 Å². The molecule has 9 heteroatoms. The number of aliphatic hydroxyl groups excluding tert-OH is 1. The van der Waals surface area contributed by atoms with Gasteiger partial charge in [-0.2, -0.15) is 0 Å². The number of pyridine rings is 1. The second-order valence-corrected chi connectivity index (χ2v) is 9.42. The molecule has 33 heavy (non-hydrogen) atoms. The molecular formula is C24H31FN2O6. The lowest BCUT2D eigenvalue weighted by Gasteiger charge is -2.37. The van der Waals surface area contributed by atoms with Gasteiger partial charge < -0.3 is 24.6 Å². The van der Waals surface area contributed by atoms with Gasteiger partial charge in [0.2, 0.25) is 0 Å². The number of aliphatic hydroxyl groups is 1. The molecule has 1 saturated heterocycles. The molecule has 0 saturated carbocycles. The van der Waals surface area contributed by atoms with Crippen LogP contribution in [0.2, 0.25) is 0 Å². The lowest BCUT2D eigenvalue weighted by Crippen LogP contribution is -2.48. The normalized spacial score (nSPS) is 19.9. The summed E-state index contributed by atoms with van der Waals surface area (Å²) in [5.41, 5.74) is -0.0195. The van der Waals surface area contributed by atoms with E-state index in [0.717, 1.165) is 6.20 Å². The summed E-state index contributed by atoms with van der Waals surface area (Å²) in [7, 11) is 1.50. The number of carbonyl (C=O) groups is 2. The fraction of sp³-hybridized carbons (Fsp3) is 0.542. The van der Waals surface area contributed by atoms with Gasteiger partial charge in [0.05, 0.1) is 30.8 Å². The number of rotatable bonds is 6. The minimum atomic E-state index is -1.14. The molecule has 0 radical (unpaired) electrons. The van der Waals surface area contributed by atoms with Crippen molar-refractivity contribution in [1.82, 2.24) is 9.88 Å². The van der Waals surface area contributed by atoms with E-state index in [4.69, 9.17) is 9.47 Å². The lowest BCUT2D eigenvalue weighted by molar-refractivity contribution is -0.146. The standard InChI is InChI=1S/C24H31FN2O6/c1-24(2,3)33-23(31)27-10-9-14(17(13-27)22(29)30)5-8-20(28)21-16-11-15(32-4)6-7-19(16)26-12-18(21)25/h6-7,11-12,14,17,20,28H,5,8-10,13H2,1-4H3,(H,29,30)/t14?,17?,20-/m1/s1. The average Bonchev–Trinajstić information content (AvgIpc) is 2.75. The second kappa shape index (κ2) is 9.91. The number of hydrogen-bond acceptors (Lipinski definition) is 6. The Morgan fingerprint density at radius 3 is 2.70 bits per heavy atom. The first-order valence-electron chi connectivity index (χ1n) is 11.0. The van der Waals surface area contributed by atoms with E-state index in [0.29, 0.717) is 36.0 Å². The molecule has 1 aliphatic rings. The monoisotopic (exact) mass is 462 g/mol. The van der Waals surface area contributed by atoms with Crippen molar-refractivity contribution in [3.05, 3.63) is 35.8 Å². The van der Waals surface area contributed by atoms with E-state index in [1.54, 1.807) is 39.0 Å². The molecule has 3 atom stereocenters. The SMILES string of the molecule is COc1ccc2ncc(F)c([C@H](O)CCC3CCN(C(=O)OC(C)(C)C)CC3C(=O)O)c2c1. The van der Waals surface area contributed by atoms with Crippen molar-refractivity contribution < 1.29 is 33.7 Å². The molecule has 1 aromatic heterocycles. The number of ether oxygens (including phenoxy) is 2. The molecule has 0 bridgehead atoms. The Labute approximate surface area is 192 Å². The van der Waals surface area contributed by atoms with Crippen molar-refractivity contribution in [2.24, 2.45) is 11.8 Å². The molecule has 180 valence electrons. The van der Waals surface area contributed by atoms with Crippen LogP contribution < -0.4 is 4.74 Å². The fourth-order valence-electron chi connectivity index (χ4n) is 4.27. The first-order chi connectivity index (χ1) is 15.5. The number of aliphatic carboxylic acids is 1. The molecular weight excluding hydrogens is 431 g/mol. The number of hydrogen-bond donors (Lipinski definition) is 2. The summed E-state index contributed by atoms with van der Waals surface area (Å²) >= 11 is 0. The van der Waals surface area contributed by atoms with Crippen LogP contribution >= 0.6 is 0 Å². The predicted molar refractivity (Wildman–Crippen MR) is 119 cm³/mol. The van der Waals surface area contributed by atoms with Gasteiger partial charge in [0.15, 0.2) is 0 Å². The minimum Gasteiger partial charge on any atom is -0.497 e. The van der Waals surface area contributed by atoms with E-state index < -0.39 is 35.5 Å². The Balaban J connectivity index is 1.72. The number of carbonyl (C=O) groups excluding carboxylic acids is 1. The summed E-state index contributed by atoms with van der Waals surface area (Å²) in [6.45, 7) is 5.67. The molecule has 0 aliphatic carbocycles. The quantitative estimate of drug-likeness (QED) is 0.664. The van der Waals surface area contributed by atoms with Crippen LogP contribution in [0, 0.1) is 17.7 Å². The van der Waals surface area contributed by atoms with Gasteiger partial charge in [0.25, 0.3) is 0 Å². The Hall–Kier alpha value is -2.94. The molecule has 2 aromatic rings. The third-order valence-corrected chi connectivity index (χ3v) is 5.94. The zero-order valence-electron chi connectivity index (χ0n) is 19.4. The van der Waals surface area contributed by atoms with Crippen LogP contribution in [0.15, 0.2) is 24.4 Å². The van der Waals surface area contributed by atoms with Crippen molar-refractivity contribution >= 4 is 23.0 Å². The smallest absolute Gasteiger partial charge is 0.410 e. The minimum absolute atomic E-state index is 0.0365. The molecule has 0 spiro atoms. The Kier molecular flexibility index (Phi) is 7.41. The molecule has 1 aliphatic heterocycles. The highest BCUT2D eigenvalue weighted by Crippen LogP contribution is 2.35. The van der Waals surface area contributed by atoms with Crippen molar-refractivity contribution in [2.45, 2.75) is 51.7 Å². The summed E-state index contributed by atoms with van der Waals surface area (Å²) < 4.78 is 25.2. The van der Waals surface area contributed by atoms with Gasteiger partial charge in [0.1, 0.15) is 17.2 Å². The topological polar surface area (TPSA) is 109 Å². The average molecular weight is 463 g/mol. The van der Waals surface area contributed by atoms with E-state index in [1.165, 1.54) is 12.0 Å². The zero-order chi connectivity index (χ0) is 24.3. The summed E-state index contributed by atoms with van der Waals surface area (Å²) in [4.78, 5) is 29.8. The van der Waals surface area contributed by atoms with Gasteiger partial charge in [-0.15, -0.1) is 0 Å². The Bertz CT molecular complexity index is 1020. The van der Waals surface area contributed by atoms with Gasteiger partial charge >= 0.3 is 12.1 Å². The van der Waals surface area contributed by atoms with Crippen molar-refractivity contribution in [3.63, 3.8) is 0 Å². The number of aromatic nitrogens is 1. The number of methoxy groups -OCH3 is 1.